The van der Waals surface area contributed by atoms with Gasteiger partial charge >= 0.3 is 0 Å². The van der Waals surface area contributed by atoms with E-state index >= 15 is 0 Å². The number of sulfonamides is 1. The molecule has 1 aliphatic rings. The molecule has 0 saturated carbocycles. The molecule has 1 aliphatic heterocycles. The van der Waals surface area contributed by atoms with Crippen molar-refractivity contribution < 1.29 is 17.5 Å². The van der Waals surface area contributed by atoms with Crippen LogP contribution >= 0.6 is 0 Å². The number of anilines is 1. The summed E-state index contributed by atoms with van der Waals surface area (Å²) < 4.78 is 44.3. The van der Waals surface area contributed by atoms with Crippen LogP contribution in [-0.4, -0.2) is 47.0 Å². The first-order valence-corrected chi connectivity index (χ1v) is 8.65. The van der Waals surface area contributed by atoms with Gasteiger partial charge in [-0.2, -0.15) is 0 Å². The number of hydrogen-bond donors (Lipinski definition) is 1. The molecule has 2 rings (SSSR count). The van der Waals surface area contributed by atoms with E-state index in [2.05, 4.69) is 9.62 Å². The van der Waals surface area contributed by atoms with Crippen molar-refractivity contribution in [1.29, 1.82) is 0 Å². The first-order valence-electron chi connectivity index (χ1n) is 6.99. The maximum atomic E-state index is 13.2. The molecular formula is C14H21FN2O3S. The van der Waals surface area contributed by atoms with Crippen molar-refractivity contribution in [3.05, 3.63) is 30.1 Å². The Morgan fingerprint density at radius 1 is 1.38 bits per heavy atom. The van der Waals surface area contributed by atoms with Gasteiger partial charge in [0, 0.05) is 31.9 Å². The van der Waals surface area contributed by atoms with E-state index in [1.54, 1.807) is 6.07 Å². The molecule has 1 heterocycles. The van der Waals surface area contributed by atoms with E-state index in [9.17, 15) is 12.8 Å². The normalized spacial score (nSPS) is 17.1. The number of methoxy groups -OCH3 is 1. The van der Waals surface area contributed by atoms with Gasteiger partial charge in [-0.1, -0.05) is 6.07 Å². The van der Waals surface area contributed by atoms with Crippen molar-refractivity contribution in [3.8, 4) is 0 Å². The molecule has 7 heteroatoms. The number of halogens is 1. The summed E-state index contributed by atoms with van der Waals surface area (Å²) in [5.74, 6) is -0.275. The van der Waals surface area contributed by atoms with E-state index in [-0.39, 0.29) is 24.2 Å². The van der Waals surface area contributed by atoms with Crippen LogP contribution in [0.3, 0.4) is 0 Å². The third-order valence-electron chi connectivity index (χ3n) is 3.57. The summed E-state index contributed by atoms with van der Waals surface area (Å²) in [6.07, 6.45) is 1.42. The van der Waals surface area contributed by atoms with Gasteiger partial charge in [-0.05, 0) is 31.0 Å². The molecule has 1 saturated heterocycles. The van der Waals surface area contributed by atoms with E-state index in [0.717, 1.165) is 5.69 Å². The van der Waals surface area contributed by atoms with Crippen molar-refractivity contribution in [2.45, 2.75) is 18.9 Å². The van der Waals surface area contributed by atoms with Gasteiger partial charge in [-0.3, -0.25) is 0 Å². The predicted octanol–water partition coefficient (Wildman–Crippen LogP) is 1.36. The van der Waals surface area contributed by atoms with E-state index in [0.29, 0.717) is 25.9 Å². The minimum Gasteiger partial charge on any atom is -0.384 e. The second-order valence-corrected chi connectivity index (χ2v) is 7.04. The second kappa shape index (κ2) is 7.20. The lowest BCUT2D eigenvalue weighted by molar-refractivity contribution is 0.216. The maximum Gasteiger partial charge on any atom is 0.214 e. The number of benzene rings is 1. The summed E-state index contributed by atoms with van der Waals surface area (Å²) in [5.41, 5.74) is 0.843. The third-order valence-corrected chi connectivity index (χ3v) is 4.97. The summed E-state index contributed by atoms with van der Waals surface area (Å²) in [5, 5.41) is 0. The zero-order chi connectivity index (χ0) is 15.3. The van der Waals surface area contributed by atoms with Gasteiger partial charge in [0.1, 0.15) is 5.82 Å². The average Bonchev–Trinajstić information content (AvgIpc) is 2.46. The lowest BCUT2D eigenvalue weighted by Crippen LogP contribution is -2.45. The van der Waals surface area contributed by atoms with E-state index in [1.165, 1.54) is 19.2 Å². The fourth-order valence-corrected chi connectivity index (χ4v) is 3.68. The molecule has 0 radical (unpaired) electrons. The highest BCUT2D eigenvalue weighted by Crippen LogP contribution is 2.21. The number of rotatable bonds is 6. The Balaban J connectivity index is 1.86. The Hall–Kier alpha value is -1.18. The smallest absolute Gasteiger partial charge is 0.214 e. The third kappa shape index (κ3) is 4.94. The molecule has 21 heavy (non-hydrogen) atoms. The van der Waals surface area contributed by atoms with Gasteiger partial charge in [0.15, 0.2) is 0 Å². The molecule has 0 atom stereocenters. The Labute approximate surface area is 125 Å². The van der Waals surface area contributed by atoms with Crippen LogP contribution in [0, 0.1) is 5.82 Å². The fraction of sp³-hybridized carbons (Fsp3) is 0.571. The van der Waals surface area contributed by atoms with Crippen LogP contribution in [0.25, 0.3) is 0 Å². The van der Waals surface area contributed by atoms with Gasteiger partial charge in [0.05, 0.1) is 12.4 Å². The van der Waals surface area contributed by atoms with E-state index in [4.69, 9.17) is 4.74 Å². The molecule has 0 unspecified atom stereocenters. The van der Waals surface area contributed by atoms with E-state index < -0.39 is 10.0 Å². The first-order chi connectivity index (χ1) is 10.00. The number of ether oxygens (including phenoxy) is 1. The van der Waals surface area contributed by atoms with Crippen molar-refractivity contribution in [2.24, 2.45) is 0 Å². The molecule has 5 nitrogen and oxygen atoms in total. The number of hydrogen-bond acceptors (Lipinski definition) is 4. The molecule has 0 amide bonds. The summed E-state index contributed by atoms with van der Waals surface area (Å²) >= 11 is 0. The highest BCUT2D eigenvalue weighted by Gasteiger charge is 2.23. The lowest BCUT2D eigenvalue weighted by atomic mass is 10.1. The monoisotopic (exact) mass is 316 g/mol. The molecule has 0 aliphatic carbocycles. The standard InChI is InChI=1S/C14H21FN2O3S/c1-20-9-10-21(18,19)16-13-5-7-17(8-6-13)14-4-2-3-12(15)11-14/h2-4,11,13,16H,5-10H2,1H3. The molecule has 1 aromatic carbocycles. The van der Waals surface area contributed by atoms with Crippen molar-refractivity contribution in [3.63, 3.8) is 0 Å². The molecule has 0 spiro atoms. The van der Waals surface area contributed by atoms with Gasteiger partial charge in [-0.15, -0.1) is 0 Å². The van der Waals surface area contributed by atoms with Gasteiger partial charge in [-0.25, -0.2) is 17.5 Å². The highest BCUT2D eigenvalue weighted by atomic mass is 32.2. The first kappa shape index (κ1) is 16.2. The van der Waals surface area contributed by atoms with Crippen LogP contribution in [0.5, 0.6) is 0 Å². The molecule has 1 fully saturated rings. The van der Waals surface area contributed by atoms with Crippen LogP contribution in [-0.2, 0) is 14.8 Å². The quantitative estimate of drug-likeness (QED) is 0.861. The summed E-state index contributed by atoms with van der Waals surface area (Å²) in [4.78, 5) is 2.07. The SMILES string of the molecule is COCCS(=O)(=O)NC1CCN(c2cccc(F)c2)CC1. The Kier molecular flexibility index (Phi) is 5.55. The topological polar surface area (TPSA) is 58.6 Å². The Morgan fingerprint density at radius 2 is 2.10 bits per heavy atom. The summed E-state index contributed by atoms with van der Waals surface area (Å²) in [6.45, 7) is 1.61. The Morgan fingerprint density at radius 3 is 2.71 bits per heavy atom. The largest absolute Gasteiger partial charge is 0.384 e. The molecular weight excluding hydrogens is 295 g/mol. The zero-order valence-electron chi connectivity index (χ0n) is 12.1. The van der Waals surface area contributed by atoms with Crippen LogP contribution < -0.4 is 9.62 Å². The zero-order valence-corrected chi connectivity index (χ0v) is 12.9. The molecule has 1 N–H and O–H groups in total. The van der Waals surface area contributed by atoms with Crippen molar-refractivity contribution in [2.75, 3.05) is 37.5 Å². The van der Waals surface area contributed by atoms with Gasteiger partial charge in [0.25, 0.3) is 0 Å². The fourth-order valence-electron chi connectivity index (χ4n) is 2.43. The number of nitrogens with zero attached hydrogens (tertiary/aromatic N) is 1. The number of piperidine rings is 1. The minimum atomic E-state index is -3.29. The molecule has 1 aromatic rings. The van der Waals surface area contributed by atoms with E-state index in [1.807, 2.05) is 6.07 Å². The summed E-state index contributed by atoms with van der Waals surface area (Å²) in [6, 6.07) is 6.41. The van der Waals surface area contributed by atoms with Crippen LogP contribution in [0.15, 0.2) is 24.3 Å². The van der Waals surface area contributed by atoms with Gasteiger partial charge in [0.2, 0.25) is 10.0 Å². The minimum absolute atomic E-state index is 0.0202. The van der Waals surface area contributed by atoms with Crippen LogP contribution in [0.4, 0.5) is 10.1 Å². The van der Waals surface area contributed by atoms with Crippen molar-refractivity contribution >= 4 is 15.7 Å². The van der Waals surface area contributed by atoms with Crippen molar-refractivity contribution in [1.82, 2.24) is 4.72 Å². The highest BCUT2D eigenvalue weighted by molar-refractivity contribution is 7.89. The van der Waals surface area contributed by atoms with Crippen LogP contribution in [0.2, 0.25) is 0 Å². The lowest BCUT2D eigenvalue weighted by Gasteiger charge is -2.33. The van der Waals surface area contributed by atoms with Gasteiger partial charge < -0.3 is 9.64 Å². The maximum absolute atomic E-state index is 13.2. The predicted molar refractivity (Wildman–Crippen MR) is 80.4 cm³/mol. The van der Waals surface area contributed by atoms with Crippen LogP contribution in [0.1, 0.15) is 12.8 Å². The summed E-state index contributed by atoms with van der Waals surface area (Å²) in [7, 11) is -1.81. The number of nitrogens with one attached hydrogen (secondary N) is 1. The second-order valence-electron chi connectivity index (χ2n) is 5.17. The average molecular weight is 316 g/mol. The molecule has 0 aromatic heterocycles. The molecule has 0 bridgehead atoms. The Bertz CT molecular complexity index is 557. The molecule has 118 valence electrons.